The predicted octanol–water partition coefficient (Wildman–Crippen LogP) is 0.145. The van der Waals surface area contributed by atoms with Crippen molar-refractivity contribution in [3.63, 3.8) is 0 Å². The van der Waals surface area contributed by atoms with E-state index in [0.29, 0.717) is 6.42 Å². The minimum Gasteiger partial charge on any atom is -0.383 e. The molecule has 118 valence electrons. The average Bonchev–Trinajstić information content (AvgIpc) is 2.38. The second kappa shape index (κ2) is 9.15. The van der Waals surface area contributed by atoms with Gasteiger partial charge in [0.1, 0.15) is 6.04 Å². The van der Waals surface area contributed by atoms with Crippen molar-refractivity contribution in [1.82, 2.24) is 10.2 Å². The van der Waals surface area contributed by atoms with E-state index in [9.17, 15) is 9.59 Å². The topological polar surface area (TPSA) is 84.7 Å². The lowest BCUT2D eigenvalue weighted by Gasteiger charge is -2.31. The Kier molecular flexibility index (Phi) is 8.76. The molecule has 1 fully saturated rings. The van der Waals surface area contributed by atoms with Gasteiger partial charge in [0.25, 0.3) is 0 Å². The second-order valence-electron chi connectivity index (χ2n) is 5.36. The summed E-state index contributed by atoms with van der Waals surface area (Å²) in [6.45, 7) is 0.207. The molecule has 20 heavy (non-hydrogen) atoms. The minimum absolute atomic E-state index is 0. The van der Waals surface area contributed by atoms with Gasteiger partial charge in [-0.15, -0.1) is 12.4 Å². The van der Waals surface area contributed by atoms with Crippen molar-refractivity contribution in [2.75, 3.05) is 27.8 Å². The molecule has 0 bridgehead atoms. The van der Waals surface area contributed by atoms with Crippen LogP contribution in [-0.4, -0.2) is 56.6 Å². The van der Waals surface area contributed by atoms with E-state index in [1.807, 2.05) is 0 Å². The molecule has 1 saturated carbocycles. The number of carbonyl (C=O) groups excluding carboxylic acids is 2. The minimum atomic E-state index is -0.644. The zero-order valence-electron chi connectivity index (χ0n) is 12.4. The first kappa shape index (κ1) is 19.1. The predicted molar refractivity (Wildman–Crippen MR) is 79.7 cm³/mol. The molecule has 6 nitrogen and oxygen atoms in total. The summed E-state index contributed by atoms with van der Waals surface area (Å²) in [6.07, 6.45) is 3.45. The van der Waals surface area contributed by atoms with Gasteiger partial charge in [-0.1, -0.05) is 6.42 Å². The lowest BCUT2D eigenvalue weighted by Crippen LogP contribution is -2.49. The number of hydrogen-bond donors (Lipinski definition) is 2. The normalized spacial score (nSPS) is 23.4. The molecule has 0 aliphatic heterocycles. The van der Waals surface area contributed by atoms with Gasteiger partial charge in [0.15, 0.2) is 0 Å². The number of nitrogens with two attached hydrogens (primary N) is 1. The third-order valence-electron chi connectivity index (χ3n) is 3.49. The summed E-state index contributed by atoms with van der Waals surface area (Å²) in [6, 6.07) is -0.604. The van der Waals surface area contributed by atoms with Gasteiger partial charge >= 0.3 is 0 Å². The summed E-state index contributed by atoms with van der Waals surface area (Å²) in [5, 5.41) is 2.91. The first-order valence-corrected chi connectivity index (χ1v) is 6.71. The SMILES string of the molecule is COCC(N)C(=O)NC1CCCC(C(=O)N(C)C)C1.Cl. The van der Waals surface area contributed by atoms with Crippen LogP contribution in [-0.2, 0) is 14.3 Å². The van der Waals surface area contributed by atoms with Gasteiger partial charge in [-0.05, 0) is 19.3 Å². The van der Waals surface area contributed by atoms with Crippen molar-refractivity contribution >= 4 is 24.2 Å². The molecule has 0 aromatic carbocycles. The van der Waals surface area contributed by atoms with Crippen LogP contribution >= 0.6 is 12.4 Å². The number of nitrogens with one attached hydrogen (secondary N) is 1. The van der Waals surface area contributed by atoms with E-state index in [4.69, 9.17) is 10.5 Å². The quantitative estimate of drug-likeness (QED) is 0.757. The zero-order chi connectivity index (χ0) is 14.4. The molecule has 7 heteroatoms. The number of methoxy groups -OCH3 is 1. The van der Waals surface area contributed by atoms with Crippen molar-refractivity contribution in [2.24, 2.45) is 11.7 Å². The van der Waals surface area contributed by atoms with E-state index >= 15 is 0 Å². The molecule has 0 aromatic heterocycles. The van der Waals surface area contributed by atoms with Crippen LogP contribution in [0.5, 0.6) is 0 Å². The molecule has 3 unspecified atom stereocenters. The lowest BCUT2D eigenvalue weighted by atomic mass is 9.84. The molecule has 1 aliphatic rings. The molecular formula is C13H26ClN3O3. The fraction of sp³-hybridized carbons (Fsp3) is 0.846. The third kappa shape index (κ3) is 5.64. The van der Waals surface area contributed by atoms with E-state index in [0.717, 1.165) is 19.3 Å². The van der Waals surface area contributed by atoms with Crippen LogP contribution in [0.4, 0.5) is 0 Å². The van der Waals surface area contributed by atoms with E-state index in [-0.39, 0.29) is 42.8 Å². The summed E-state index contributed by atoms with van der Waals surface area (Å²) in [5.41, 5.74) is 5.68. The maximum atomic E-state index is 11.9. The maximum absolute atomic E-state index is 11.9. The van der Waals surface area contributed by atoms with Gasteiger partial charge in [-0.2, -0.15) is 0 Å². The van der Waals surface area contributed by atoms with Gasteiger partial charge in [-0.25, -0.2) is 0 Å². The summed E-state index contributed by atoms with van der Waals surface area (Å²) in [4.78, 5) is 25.4. The molecule has 1 rings (SSSR count). The van der Waals surface area contributed by atoms with Gasteiger partial charge in [0.2, 0.25) is 11.8 Å². The number of halogens is 1. The molecule has 3 N–H and O–H groups in total. The van der Waals surface area contributed by atoms with Crippen molar-refractivity contribution in [3.05, 3.63) is 0 Å². The Morgan fingerprint density at radius 1 is 1.40 bits per heavy atom. The number of nitrogens with zero attached hydrogens (tertiary/aromatic N) is 1. The summed E-state index contributed by atoms with van der Waals surface area (Å²) in [7, 11) is 5.04. The summed E-state index contributed by atoms with van der Waals surface area (Å²) >= 11 is 0. The lowest BCUT2D eigenvalue weighted by molar-refractivity contribution is -0.135. The van der Waals surface area contributed by atoms with Gasteiger partial charge < -0.3 is 20.7 Å². The highest BCUT2D eigenvalue weighted by molar-refractivity contribution is 5.85. The number of rotatable bonds is 5. The zero-order valence-corrected chi connectivity index (χ0v) is 13.2. The van der Waals surface area contributed by atoms with Crippen LogP contribution in [0, 0.1) is 5.92 Å². The van der Waals surface area contributed by atoms with Crippen molar-refractivity contribution in [3.8, 4) is 0 Å². The standard InChI is InChI=1S/C13H25N3O3.ClH/c1-16(2)13(18)9-5-4-6-10(7-9)15-12(17)11(14)8-19-3;/h9-11H,4-8,14H2,1-3H3,(H,15,17);1H. The summed E-state index contributed by atoms with van der Waals surface area (Å²) < 4.78 is 4.86. The van der Waals surface area contributed by atoms with Crippen molar-refractivity contribution < 1.29 is 14.3 Å². The molecule has 0 radical (unpaired) electrons. The number of ether oxygens (including phenoxy) is 1. The van der Waals surface area contributed by atoms with E-state index in [2.05, 4.69) is 5.32 Å². The van der Waals surface area contributed by atoms with Gasteiger partial charge in [-0.3, -0.25) is 9.59 Å². The molecule has 2 amide bonds. The highest BCUT2D eigenvalue weighted by Gasteiger charge is 2.29. The van der Waals surface area contributed by atoms with E-state index < -0.39 is 6.04 Å². The van der Waals surface area contributed by atoms with Crippen LogP contribution < -0.4 is 11.1 Å². The Balaban J connectivity index is 0.00000361. The summed E-state index contributed by atoms with van der Waals surface area (Å²) in [5.74, 6) is -0.0577. The van der Waals surface area contributed by atoms with Crippen LogP contribution in [0.25, 0.3) is 0 Å². The maximum Gasteiger partial charge on any atom is 0.239 e. The van der Waals surface area contributed by atoms with E-state index in [1.54, 1.807) is 19.0 Å². The molecule has 0 heterocycles. The van der Waals surface area contributed by atoms with Crippen LogP contribution in [0.1, 0.15) is 25.7 Å². The Labute approximate surface area is 126 Å². The molecule has 1 aliphatic carbocycles. The first-order chi connectivity index (χ1) is 8.95. The highest BCUT2D eigenvalue weighted by Crippen LogP contribution is 2.25. The molecule has 0 aromatic rings. The Morgan fingerprint density at radius 2 is 2.05 bits per heavy atom. The van der Waals surface area contributed by atoms with Crippen LogP contribution in [0.2, 0.25) is 0 Å². The number of hydrogen-bond acceptors (Lipinski definition) is 4. The van der Waals surface area contributed by atoms with Crippen molar-refractivity contribution in [1.29, 1.82) is 0 Å². The molecule has 0 spiro atoms. The molecule has 0 saturated heterocycles. The molecular weight excluding hydrogens is 282 g/mol. The fourth-order valence-corrected chi connectivity index (χ4v) is 2.47. The van der Waals surface area contributed by atoms with Crippen molar-refractivity contribution in [2.45, 2.75) is 37.8 Å². The monoisotopic (exact) mass is 307 g/mol. The number of carbonyl (C=O) groups is 2. The van der Waals surface area contributed by atoms with Crippen LogP contribution in [0.3, 0.4) is 0 Å². The second-order valence-corrected chi connectivity index (χ2v) is 5.36. The van der Waals surface area contributed by atoms with Gasteiger partial charge in [0, 0.05) is 33.2 Å². The first-order valence-electron chi connectivity index (χ1n) is 6.71. The van der Waals surface area contributed by atoms with Crippen LogP contribution in [0.15, 0.2) is 0 Å². The highest BCUT2D eigenvalue weighted by atomic mass is 35.5. The van der Waals surface area contributed by atoms with E-state index in [1.165, 1.54) is 7.11 Å². The Hall–Kier alpha value is -0.850. The van der Waals surface area contributed by atoms with Gasteiger partial charge in [0.05, 0.1) is 6.61 Å². The Bertz CT molecular complexity index is 326. The largest absolute Gasteiger partial charge is 0.383 e. The smallest absolute Gasteiger partial charge is 0.239 e. The Morgan fingerprint density at radius 3 is 2.60 bits per heavy atom. The molecule has 3 atom stereocenters. The average molecular weight is 308 g/mol. The number of amides is 2. The third-order valence-corrected chi connectivity index (χ3v) is 3.49. The fourth-order valence-electron chi connectivity index (χ4n) is 2.47.